The van der Waals surface area contributed by atoms with Gasteiger partial charge in [0.25, 0.3) is 0 Å². The number of benzene rings is 2. The van der Waals surface area contributed by atoms with Gasteiger partial charge in [-0.05, 0) is 17.2 Å². The maximum absolute atomic E-state index is 12.1. The fraction of sp³-hybridized carbons (Fsp3) is 0.158. The molecule has 3 aromatic rings. The van der Waals surface area contributed by atoms with Crippen LogP contribution in [0.3, 0.4) is 0 Å². The van der Waals surface area contributed by atoms with Crippen LogP contribution in [0.15, 0.2) is 60.8 Å². The summed E-state index contributed by atoms with van der Waals surface area (Å²) >= 11 is 0. The summed E-state index contributed by atoms with van der Waals surface area (Å²) in [5.74, 6) is -1.52. The Kier molecular flexibility index (Phi) is 4.24. The van der Waals surface area contributed by atoms with E-state index in [0.717, 1.165) is 22.0 Å². The van der Waals surface area contributed by atoms with Gasteiger partial charge in [-0.15, -0.1) is 0 Å². The smallest absolute Gasteiger partial charge is 0.374 e. The Balaban J connectivity index is 2.05. The third kappa shape index (κ3) is 3.01. The third-order valence-electron chi connectivity index (χ3n) is 4.00. The van der Waals surface area contributed by atoms with Gasteiger partial charge in [-0.25, -0.2) is 4.79 Å². The molecular formula is C19H17NO3. The van der Waals surface area contributed by atoms with Crippen LogP contribution in [0, 0.1) is 0 Å². The number of esters is 1. The van der Waals surface area contributed by atoms with Crippen LogP contribution >= 0.6 is 0 Å². The first-order chi connectivity index (χ1) is 11.2. The molecule has 0 saturated carbocycles. The summed E-state index contributed by atoms with van der Waals surface area (Å²) < 4.78 is 4.56. The normalized spacial score (nSPS) is 12.0. The number of hydrogen-bond donors (Lipinski definition) is 1. The number of para-hydroxylation sites is 1. The first-order valence-corrected chi connectivity index (χ1v) is 7.43. The van der Waals surface area contributed by atoms with Crippen molar-refractivity contribution in [3.05, 3.63) is 71.9 Å². The zero-order valence-electron chi connectivity index (χ0n) is 12.8. The molecule has 0 bridgehead atoms. The SMILES string of the molecule is COC(=O)C(=O)C[C@H](c1ccccc1)c1c[nH]c2ccccc12. The number of ether oxygens (including phenoxy) is 1. The molecule has 116 valence electrons. The molecule has 0 aliphatic carbocycles. The highest BCUT2D eigenvalue weighted by Gasteiger charge is 2.25. The van der Waals surface area contributed by atoms with Crippen LogP contribution in [0.5, 0.6) is 0 Å². The zero-order valence-corrected chi connectivity index (χ0v) is 12.8. The van der Waals surface area contributed by atoms with Gasteiger partial charge in [-0.2, -0.15) is 0 Å². The molecule has 1 atom stereocenters. The van der Waals surface area contributed by atoms with E-state index in [0.29, 0.717) is 0 Å². The summed E-state index contributed by atoms with van der Waals surface area (Å²) in [4.78, 5) is 26.9. The lowest BCUT2D eigenvalue weighted by Gasteiger charge is -2.16. The second-order valence-corrected chi connectivity index (χ2v) is 5.37. The summed E-state index contributed by atoms with van der Waals surface area (Å²) in [6, 6.07) is 17.7. The number of ketones is 1. The zero-order chi connectivity index (χ0) is 16.2. The van der Waals surface area contributed by atoms with Crippen LogP contribution < -0.4 is 0 Å². The highest BCUT2D eigenvalue weighted by Crippen LogP contribution is 2.33. The summed E-state index contributed by atoms with van der Waals surface area (Å²) in [6.07, 6.45) is 1.99. The number of aromatic nitrogens is 1. The molecule has 0 aliphatic rings. The Bertz CT molecular complexity index is 836. The molecule has 0 saturated heterocycles. The van der Waals surface area contributed by atoms with Gasteiger partial charge in [0, 0.05) is 29.4 Å². The number of Topliss-reactive ketones (excluding diaryl/α,β-unsaturated/α-hetero) is 1. The van der Waals surface area contributed by atoms with Crippen molar-refractivity contribution in [3.8, 4) is 0 Å². The van der Waals surface area contributed by atoms with Gasteiger partial charge >= 0.3 is 5.97 Å². The number of rotatable bonds is 5. The maximum atomic E-state index is 12.1. The Hall–Kier alpha value is -2.88. The number of H-pyrrole nitrogens is 1. The van der Waals surface area contributed by atoms with Crippen molar-refractivity contribution in [1.29, 1.82) is 0 Å². The predicted molar refractivity (Wildman–Crippen MR) is 88.2 cm³/mol. The fourth-order valence-corrected chi connectivity index (χ4v) is 2.86. The van der Waals surface area contributed by atoms with Crippen molar-refractivity contribution in [2.45, 2.75) is 12.3 Å². The summed E-state index contributed by atoms with van der Waals surface area (Å²) in [5, 5.41) is 1.05. The van der Waals surface area contributed by atoms with Crippen LogP contribution in [0.4, 0.5) is 0 Å². The molecule has 0 radical (unpaired) electrons. The van der Waals surface area contributed by atoms with E-state index in [1.165, 1.54) is 7.11 Å². The Morgan fingerprint density at radius 2 is 1.74 bits per heavy atom. The van der Waals surface area contributed by atoms with Crippen LogP contribution in [0.2, 0.25) is 0 Å². The Morgan fingerprint density at radius 3 is 2.48 bits per heavy atom. The van der Waals surface area contributed by atoms with Gasteiger partial charge in [0.1, 0.15) is 0 Å². The van der Waals surface area contributed by atoms with Gasteiger partial charge in [0.15, 0.2) is 0 Å². The van der Waals surface area contributed by atoms with Gasteiger partial charge in [-0.1, -0.05) is 48.5 Å². The molecular weight excluding hydrogens is 290 g/mol. The lowest BCUT2D eigenvalue weighted by atomic mass is 9.87. The van der Waals surface area contributed by atoms with E-state index < -0.39 is 11.8 Å². The van der Waals surface area contributed by atoms with Crippen molar-refractivity contribution in [3.63, 3.8) is 0 Å². The van der Waals surface area contributed by atoms with Crippen LogP contribution in [0.25, 0.3) is 10.9 Å². The number of nitrogens with one attached hydrogen (secondary N) is 1. The second kappa shape index (κ2) is 6.48. The largest absolute Gasteiger partial charge is 0.463 e. The standard InChI is InChI=1S/C19H17NO3/c1-23-19(22)18(21)11-15(13-7-3-2-4-8-13)16-12-20-17-10-6-5-9-14(16)17/h2-10,12,15,20H,11H2,1H3/t15-/m1/s1. The average Bonchev–Trinajstić information content (AvgIpc) is 3.03. The third-order valence-corrected chi connectivity index (χ3v) is 4.00. The van der Waals surface area contributed by atoms with Gasteiger partial charge in [-0.3, -0.25) is 4.79 Å². The van der Waals surface area contributed by atoms with Gasteiger partial charge in [0.05, 0.1) is 7.11 Å². The number of carbonyl (C=O) groups is 2. The van der Waals surface area contributed by atoms with Crippen LogP contribution in [0.1, 0.15) is 23.5 Å². The molecule has 2 aromatic carbocycles. The highest BCUT2D eigenvalue weighted by molar-refractivity contribution is 6.33. The maximum Gasteiger partial charge on any atom is 0.374 e. The van der Waals surface area contributed by atoms with E-state index in [9.17, 15) is 9.59 Å². The minimum Gasteiger partial charge on any atom is -0.463 e. The van der Waals surface area contributed by atoms with E-state index >= 15 is 0 Å². The second-order valence-electron chi connectivity index (χ2n) is 5.37. The van der Waals surface area contributed by atoms with Crippen molar-refractivity contribution >= 4 is 22.7 Å². The predicted octanol–water partition coefficient (Wildman–Crippen LogP) is 3.43. The van der Waals surface area contributed by atoms with Crippen molar-refractivity contribution in [2.75, 3.05) is 7.11 Å². The minimum absolute atomic E-state index is 0.0819. The van der Waals surface area contributed by atoms with Crippen molar-refractivity contribution < 1.29 is 14.3 Å². The number of carbonyl (C=O) groups excluding carboxylic acids is 2. The van der Waals surface area contributed by atoms with E-state index in [1.54, 1.807) is 0 Å². The quantitative estimate of drug-likeness (QED) is 0.580. The first kappa shape index (κ1) is 15.0. The summed E-state index contributed by atoms with van der Waals surface area (Å²) in [6.45, 7) is 0. The van der Waals surface area contributed by atoms with E-state index in [2.05, 4.69) is 9.72 Å². The van der Waals surface area contributed by atoms with Crippen molar-refractivity contribution in [1.82, 2.24) is 4.98 Å². The topological polar surface area (TPSA) is 59.2 Å². The van der Waals surface area contributed by atoms with E-state index in [4.69, 9.17) is 0 Å². The monoisotopic (exact) mass is 307 g/mol. The molecule has 0 aliphatic heterocycles. The first-order valence-electron chi connectivity index (χ1n) is 7.43. The number of methoxy groups -OCH3 is 1. The minimum atomic E-state index is -0.800. The van der Waals surface area contributed by atoms with Crippen molar-refractivity contribution in [2.24, 2.45) is 0 Å². The molecule has 1 heterocycles. The molecule has 0 unspecified atom stereocenters. The molecule has 4 heteroatoms. The van der Waals surface area contributed by atoms with Crippen LogP contribution in [-0.2, 0) is 14.3 Å². The molecule has 0 amide bonds. The van der Waals surface area contributed by atoms with E-state index in [1.807, 2.05) is 60.8 Å². The number of aromatic amines is 1. The molecule has 4 nitrogen and oxygen atoms in total. The molecule has 1 aromatic heterocycles. The highest BCUT2D eigenvalue weighted by atomic mass is 16.5. The molecule has 0 spiro atoms. The average molecular weight is 307 g/mol. The fourth-order valence-electron chi connectivity index (χ4n) is 2.86. The van der Waals surface area contributed by atoms with Gasteiger partial charge < -0.3 is 9.72 Å². The lowest BCUT2D eigenvalue weighted by molar-refractivity contribution is -0.151. The molecule has 1 N–H and O–H groups in total. The lowest BCUT2D eigenvalue weighted by Crippen LogP contribution is -2.19. The molecule has 23 heavy (non-hydrogen) atoms. The summed E-state index contributed by atoms with van der Waals surface area (Å²) in [7, 11) is 1.23. The Labute approximate surface area is 134 Å². The molecule has 3 rings (SSSR count). The van der Waals surface area contributed by atoms with E-state index in [-0.39, 0.29) is 12.3 Å². The number of hydrogen-bond acceptors (Lipinski definition) is 3. The van der Waals surface area contributed by atoms with Crippen LogP contribution in [-0.4, -0.2) is 23.8 Å². The Morgan fingerprint density at radius 1 is 1.04 bits per heavy atom. The van der Waals surface area contributed by atoms with Gasteiger partial charge in [0.2, 0.25) is 5.78 Å². The molecule has 0 fully saturated rings. The summed E-state index contributed by atoms with van der Waals surface area (Å²) in [5.41, 5.74) is 3.01. The number of fused-ring (bicyclic) bond motifs is 1.